The van der Waals surface area contributed by atoms with Crippen molar-refractivity contribution in [3.8, 4) is 11.3 Å². The molecule has 0 saturated heterocycles. The average molecular weight is 396 g/mol. The van der Waals surface area contributed by atoms with Crippen LogP contribution < -0.4 is 10.6 Å². The monoisotopic (exact) mass is 395 g/mol. The zero-order valence-electron chi connectivity index (χ0n) is 13.4. The summed E-state index contributed by atoms with van der Waals surface area (Å²) in [5, 5.41) is 12.7. The fourth-order valence-electron chi connectivity index (χ4n) is 2.51. The van der Waals surface area contributed by atoms with Gasteiger partial charge >= 0.3 is 0 Å². The highest BCUT2D eigenvalue weighted by atomic mass is 32.1. The minimum atomic E-state index is -0.219. The van der Waals surface area contributed by atoms with Crippen molar-refractivity contribution in [2.24, 2.45) is 0 Å². The van der Waals surface area contributed by atoms with Gasteiger partial charge in [-0.05, 0) is 40.5 Å². The molecule has 7 heteroatoms. The van der Waals surface area contributed by atoms with Crippen LogP contribution in [0, 0.1) is 0 Å². The number of nitrogens with one attached hydrogen (secondary N) is 2. The second kappa shape index (κ2) is 7.33. The van der Waals surface area contributed by atoms with Gasteiger partial charge in [0.15, 0.2) is 10.2 Å². The minimum Gasteiger partial charge on any atom is -0.308 e. The Hall–Kier alpha value is -2.61. The van der Waals surface area contributed by atoms with E-state index in [4.69, 9.17) is 12.2 Å². The van der Waals surface area contributed by atoms with Crippen molar-refractivity contribution in [1.29, 1.82) is 0 Å². The van der Waals surface area contributed by atoms with Crippen molar-refractivity contribution in [3.05, 3.63) is 70.2 Å². The van der Waals surface area contributed by atoms with Crippen molar-refractivity contribution in [1.82, 2.24) is 10.3 Å². The maximum atomic E-state index is 12.0. The van der Waals surface area contributed by atoms with Gasteiger partial charge in [0.2, 0.25) is 0 Å². The molecule has 0 spiro atoms. The van der Waals surface area contributed by atoms with Gasteiger partial charge < -0.3 is 5.32 Å². The number of hydrogen-bond acceptors (Lipinski definition) is 5. The number of fused-ring (bicyclic) bond motifs is 1. The molecular weight excluding hydrogens is 382 g/mol. The van der Waals surface area contributed by atoms with Crippen LogP contribution in [0.25, 0.3) is 22.0 Å². The van der Waals surface area contributed by atoms with Gasteiger partial charge in [0.25, 0.3) is 5.91 Å². The van der Waals surface area contributed by atoms with E-state index in [-0.39, 0.29) is 11.0 Å². The van der Waals surface area contributed by atoms with E-state index in [0.717, 1.165) is 11.3 Å². The standard InChI is InChI=1S/C19H13N3OS3/c23-17(16-6-3-9-25-16)21-18(24)22-19-20-15(11-26-19)14-8-7-12-4-1-2-5-13(12)10-14/h1-11H,(H2,20,21,22,23,24). The number of thiophene rings is 1. The average Bonchev–Trinajstić information content (AvgIpc) is 3.33. The first-order chi connectivity index (χ1) is 12.7. The Morgan fingerprint density at radius 2 is 1.85 bits per heavy atom. The molecule has 0 radical (unpaired) electrons. The molecule has 2 aromatic heterocycles. The van der Waals surface area contributed by atoms with E-state index in [0.29, 0.717) is 10.0 Å². The smallest absolute Gasteiger partial charge is 0.267 e. The summed E-state index contributed by atoms with van der Waals surface area (Å²) < 4.78 is 0. The summed E-state index contributed by atoms with van der Waals surface area (Å²) >= 11 is 8.02. The topological polar surface area (TPSA) is 54.0 Å². The van der Waals surface area contributed by atoms with Crippen LogP contribution in [0.5, 0.6) is 0 Å². The molecule has 4 aromatic rings. The van der Waals surface area contributed by atoms with Crippen LogP contribution >= 0.6 is 34.9 Å². The van der Waals surface area contributed by atoms with Crippen molar-refractivity contribution in [3.63, 3.8) is 0 Å². The van der Waals surface area contributed by atoms with E-state index in [1.165, 1.54) is 33.4 Å². The number of amides is 1. The predicted octanol–water partition coefficient (Wildman–Crippen LogP) is 5.15. The molecule has 2 N–H and O–H groups in total. The Bertz CT molecular complexity index is 1090. The number of carbonyl (C=O) groups excluding carboxylic acids is 1. The summed E-state index contributed by atoms with van der Waals surface area (Å²) in [6.45, 7) is 0. The Balaban J connectivity index is 1.47. The van der Waals surface area contributed by atoms with Crippen LogP contribution in [0.4, 0.5) is 5.13 Å². The number of thiazole rings is 1. The van der Waals surface area contributed by atoms with Gasteiger partial charge in [0.1, 0.15) is 0 Å². The highest BCUT2D eigenvalue weighted by Gasteiger charge is 2.11. The molecule has 4 rings (SSSR count). The highest BCUT2D eigenvalue weighted by Crippen LogP contribution is 2.27. The molecule has 0 aliphatic heterocycles. The highest BCUT2D eigenvalue weighted by molar-refractivity contribution is 7.80. The third-order valence-electron chi connectivity index (χ3n) is 3.74. The number of aromatic nitrogens is 1. The summed E-state index contributed by atoms with van der Waals surface area (Å²) in [6.07, 6.45) is 0. The number of hydrogen-bond donors (Lipinski definition) is 2. The first-order valence-electron chi connectivity index (χ1n) is 7.79. The lowest BCUT2D eigenvalue weighted by Gasteiger charge is -2.05. The fourth-order valence-corrected chi connectivity index (χ4v) is 4.11. The Morgan fingerprint density at radius 1 is 1.00 bits per heavy atom. The van der Waals surface area contributed by atoms with E-state index in [1.807, 2.05) is 29.0 Å². The van der Waals surface area contributed by atoms with Crippen LogP contribution in [0.15, 0.2) is 65.4 Å². The number of nitrogens with zero attached hydrogens (tertiary/aromatic N) is 1. The quantitative estimate of drug-likeness (QED) is 0.471. The Morgan fingerprint density at radius 3 is 2.65 bits per heavy atom. The Kier molecular flexibility index (Phi) is 4.75. The summed E-state index contributed by atoms with van der Waals surface area (Å²) in [5.41, 5.74) is 1.91. The molecule has 0 saturated carbocycles. The van der Waals surface area contributed by atoms with E-state index in [9.17, 15) is 4.79 Å². The van der Waals surface area contributed by atoms with Crippen molar-refractivity contribution in [2.75, 3.05) is 5.32 Å². The summed E-state index contributed by atoms with van der Waals surface area (Å²) in [6, 6.07) is 18.1. The van der Waals surface area contributed by atoms with E-state index in [1.54, 1.807) is 6.07 Å². The number of benzene rings is 2. The maximum Gasteiger partial charge on any atom is 0.267 e. The van der Waals surface area contributed by atoms with Gasteiger partial charge in [0.05, 0.1) is 10.6 Å². The molecule has 0 unspecified atom stereocenters. The molecule has 0 fully saturated rings. The maximum absolute atomic E-state index is 12.0. The van der Waals surface area contributed by atoms with Gasteiger partial charge in [-0.3, -0.25) is 10.1 Å². The lowest BCUT2D eigenvalue weighted by molar-refractivity contribution is 0.0981. The number of rotatable bonds is 3. The molecule has 0 atom stereocenters. The molecule has 2 heterocycles. The molecule has 2 aromatic carbocycles. The molecule has 0 aliphatic rings. The van der Waals surface area contributed by atoms with Crippen LogP contribution in [0.3, 0.4) is 0 Å². The van der Waals surface area contributed by atoms with Crippen molar-refractivity contribution in [2.45, 2.75) is 0 Å². The number of anilines is 1. The first kappa shape index (κ1) is 16.8. The van der Waals surface area contributed by atoms with Crippen LogP contribution in [0.1, 0.15) is 9.67 Å². The number of carbonyl (C=O) groups is 1. The molecule has 4 nitrogen and oxygen atoms in total. The SMILES string of the molecule is O=C(NC(=S)Nc1nc(-c2ccc3ccccc3c2)cs1)c1cccs1. The largest absolute Gasteiger partial charge is 0.308 e. The van der Waals surface area contributed by atoms with Crippen molar-refractivity contribution < 1.29 is 4.79 Å². The molecule has 26 heavy (non-hydrogen) atoms. The lowest BCUT2D eigenvalue weighted by atomic mass is 10.1. The third kappa shape index (κ3) is 3.65. The van der Waals surface area contributed by atoms with Crippen molar-refractivity contribution >= 4 is 61.8 Å². The van der Waals surface area contributed by atoms with Crippen LogP contribution in [-0.2, 0) is 0 Å². The molecular formula is C19H13N3OS3. The van der Waals surface area contributed by atoms with Crippen LogP contribution in [-0.4, -0.2) is 16.0 Å². The predicted molar refractivity (Wildman–Crippen MR) is 113 cm³/mol. The van der Waals surface area contributed by atoms with Gasteiger partial charge in [-0.1, -0.05) is 42.5 Å². The van der Waals surface area contributed by atoms with E-state index in [2.05, 4.69) is 45.9 Å². The normalized spacial score (nSPS) is 10.6. The van der Waals surface area contributed by atoms with Gasteiger partial charge in [-0.2, -0.15) is 0 Å². The van der Waals surface area contributed by atoms with Crippen LogP contribution in [0.2, 0.25) is 0 Å². The van der Waals surface area contributed by atoms with Gasteiger partial charge in [-0.25, -0.2) is 4.98 Å². The molecule has 0 bridgehead atoms. The third-order valence-corrected chi connectivity index (χ3v) is 5.57. The molecule has 1 amide bonds. The minimum absolute atomic E-state index is 0.219. The van der Waals surface area contributed by atoms with E-state index >= 15 is 0 Å². The summed E-state index contributed by atoms with van der Waals surface area (Å²) in [4.78, 5) is 17.2. The molecule has 0 aliphatic carbocycles. The lowest BCUT2D eigenvalue weighted by Crippen LogP contribution is -2.33. The van der Waals surface area contributed by atoms with E-state index < -0.39 is 0 Å². The summed E-state index contributed by atoms with van der Waals surface area (Å²) in [7, 11) is 0. The fraction of sp³-hybridized carbons (Fsp3) is 0. The first-order valence-corrected chi connectivity index (χ1v) is 9.96. The second-order valence-corrected chi connectivity index (χ2v) is 7.70. The zero-order valence-corrected chi connectivity index (χ0v) is 15.9. The second-order valence-electron chi connectivity index (χ2n) is 5.49. The molecule has 128 valence electrons. The summed E-state index contributed by atoms with van der Waals surface area (Å²) in [5.74, 6) is -0.219. The Labute approximate surface area is 163 Å². The number of thiocarbonyl (C=S) groups is 1. The van der Waals surface area contributed by atoms with Gasteiger partial charge in [-0.15, -0.1) is 22.7 Å². The zero-order chi connectivity index (χ0) is 17.9. The van der Waals surface area contributed by atoms with Gasteiger partial charge in [0, 0.05) is 10.9 Å².